The van der Waals surface area contributed by atoms with E-state index in [-0.39, 0.29) is 0 Å². The van der Waals surface area contributed by atoms with Crippen LogP contribution < -0.4 is 5.32 Å². The van der Waals surface area contributed by atoms with Crippen LogP contribution in [0.5, 0.6) is 0 Å². The van der Waals surface area contributed by atoms with Crippen LogP contribution in [0.2, 0.25) is 0 Å². The molecule has 4 nitrogen and oxygen atoms in total. The molecule has 84 valence electrons. The van der Waals surface area contributed by atoms with E-state index in [9.17, 15) is 0 Å². The summed E-state index contributed by atoms with van der Waals surface area (Å²) in [6.07, 6.45) is 3.69. The van der Waals surface area contributed by atoms with Gasteiger partial charge in [0.15, 0.2) is 0 Å². The average molecular weight is 209 g/mol. The van der Waals surface area contributed by atoms with Crippen LogP contribution in [0.4, 0.5) is 0 Å². The predicted molar refractivity (Wildman–Crippen MR) is 62.8 cm³/mol. The lowest BCUT2D eigenvalue weighted by Crippen LogP contribution is -2.39. The molecule has 15 heavy (non-hydrogen) atoms. The van der Waals surface area contributed by atoms with Crippen molar-refractivity contribution in [3.63, 3.8) is 0 Å². The van der Waals surface area contributed by atoms with Gasteiger partial charge in [-0.1, -0.05) is 6.58 Å². The number of ether oxygens (including phenoxy) is 1. The van der Waals surface area contributed by atoms with Crippen molar-refractivity contribution in [2.24, 2.45) is 4.99 Å². The number of nitrogens with zero attached hydrogens (tertiary/aromatic N) is 2. The summed E-state index contributed by atoms with van der Waals surface area (Å²) < 4.78 is 5.30. The van der Waals surface area contributed by atoms with E-state index in [1.54, 1.807) is 6.21 Å². The quantitative estimate of drug-likeness (QED) is 0.554. The molecule has 0 amide bonds. The van der Waals surface area contributed by atoms with Crippen molar-refractivity contribution < 1.29 is 4.74 Å². The average Bonchev–Trinajstić information content (AvgIpc) is 2.27. The molecule has 4 heteroatoms. The zero-order valence-electron chi connectivity index (χ0n) is 9.49. The molecule has 0 spiro atoms. The number of nitrogens with one attached hydrogen (secondary N) is 1. The molecule has 1 saturated heterocycles. The molecule has 0 aromatic carbocycles. The van der Waals surface area contributed by atoms with Crippen molar-refractivity contribution in [2.45, 2.75) is 6.92 Å². The first-order valence-corrected chi connectivity index (χ1v) is 5.17. The van der Waals surface area contributed by atoms with E-state index < -0.39 is 0 Å². The third-order valence-corrected chi connectivity index (χ3v) is 2.21. The Balaban J connectivity index is 2.64. The number of allylic oxidation sites excluding steroid dienone is 1. The molecule has 0 aromatic heterocycles. The van der Waals surface area contributed by atoms with Crippen molar-refractivity contribution >= 4 is 6.21 Å². The topological polar surface area (TPSA) is 36.9 Å². The van der Waals surface area contributed by atoms with Gasteiger partial charge in [0, 0.05) is 32.4 Å². The third-order valence-electron chi connectivity index (χ3n) is 2.21. The van der Waals surface area contributed by atoms with Crippen molar-refractivity contribution in [3.8, 4) is 0 Å². The normalized spacial score (nSPS) is 18.3. The smallest absolute Gasteiger partial charge is 0.103 e. The molecule has 1 fully saturated rings. The molecule has 0 saturated carbocycles. The van der Waals surface area contributed by atoms with Gasteiger partial charge in [-0.3, -0.25) is 4.99 Å². The zero-order chi connectivity index (χ0) is 11.1. The molecule has 0 aliphatic carbocycles. The fourth-order valence-corrected chi connectivity index (χ4v) is 1.49. The number of hydrogen-bond acceptors (Lipinski definition) is 4. The van der Waals surface area contributed by atoms with Gasteiger partial charge in [-0.15, -0.1) is 0 Å². The van der Waals surface area contributed by atoms with Crippen molar-refractivity contribution in [1.29, 1.82) is 0 Å². The van der Waals surface area contributed by atoms with Gasteiger partial charge in [-0.2, -0.15) is 0 Å². The lowest BCUT2D eigenvalue weighted by molar-refractivity contribution is 0.0509. The Morgan fingerprint density at radius 2 is 2.13 bits per heavy atom. The Hall–Kier alpha value is -1.29. The first kappa shape index (κ1) is 11.8. The van der Waals surface area contributed by atoms with Crippen LogP contribution in [0.1, 0.15) is 6.92 Å². The van der Waals surface area contributed by atoms with E-state index in [0.717, 1.165) is 37.8 Å². The van der Waals surface area contributed by atoms with Gasteiger partial charge in [-0.25, -0.2) is 0 Å². The first-order valence-electron chi connectivity index (χ1n) is 5.17. The van der Waals surface area contributed by atoms with E-state index in [1.165, 1.54) is 0 Å². The molecular weight excluding hydrogens is 190 g/mol. The largest absolute Gasteiger partial charge is 0.378 e. The molecule has 0 aromatic rings. The van der Waals surface area contributed by atoms with Gasteiger partial charge in [-0.05, 0) is 6.92 Å². The van der Waals surface area contributed by atoms with Crippen LogP contribution >= 0.6 is 0 Å². The minimum atomic E-state index is 0.758. The highest BCUT2D eigenvalue weighted by Crippen LogP contribution is 2.07. The van der Waals surface area contributed by atoms with Crippen molar-refractivity contribution in [1.82, 2.24) is 10.2 Å². The van der Waals surface area contributed by atoms with Gasteiger partial charge in [0.2, 0.25) is 0 Å². The van der Waals surface area contributed by atoms with E-state index in [1.807, 2.05) is 20.0 Å². The van der Waals surface area contributed by atoms with Gasteiger partial charge >= 0.3 is 0 Å². The summed E-state index contributed by atoms with van der Waals surface area (Å²) in [5.74, 6) is 1.05. The van der Waals surface area contributed by atoms with Crippen molar-refractivity contribution in [3.05, 3.63) is 24.2 Å². The highest BCUT2D eigenvalue weighted by molar-refractivity contribution is 5.56. The summed E-state index contributed by atoms with van der Waals surface area (Å²) in [7, 11) is 1.91. The first-order chi connectivity index (χ1) is 7.27. The predicted octanol–water partition coefficient (Wildman–Crippen LogP) is 0.984. The van der Waals surface area contributed by atoms with Gasteiger partial charge < -0.3 is 15.0 Å². The molecule has 0 atom stereocenters. The zero-order valence-corrected chi connectivity index (χ0v) is 9.49. The molecule has 1 N–H and O–H groups in total. The van der Waals surface area contributed by atoms with Gasteiger partial charge in [0.05, 0.1) is 18.9 Å². The van der Waals surface area contributed by atoms with Crippen LogP contribution in [-0.2, 0) is 4.74 Å². The monoisotopic (exact) mass is 209 g/mol. The second-order valence-corrected chi connectivity index (χ2v) is 3.26. The summed E-state index contributed by atoms with van der Waals surface area (Å²) in [4.78, 5) is 6.35. The minimum Gasteiger partial charge on any atom is -0.378 e. The maximum absolute atomic E-state index is 5.30. The van der Waals surface area contributed by atoms with E-state index in [4.69, 9.17) is 4.74 Å². The van der Waals surface area contributed by atoms with Crippen LogP contribution in [0.3, 0.4) is 0 Å². The minimum absolute atomic E-state index is 0.758. The molecule has 1 heterocycles. The van der Waals surface area contributed by atoms with Crippen LogP contribution in [0.25, 0.3) is 0 Å². The second kappa shape index (κ2) is 6.24. The van der Waals surface area contributed by atoms with Crippen LogP contribution in [-0.4, -0.2) is 44.5 Å². The van der Waals surface area contributed by atoms with Crippen LogP contribution in [0, 0.1) is 0 Å². The summed E-state index contributed by atoms with van der Waals surface area (Å²) in [6, 6.07) is 0. The summed E-state index contributed by atoms with van der Waals surface area (Å²) in [5.41, 5.74) is 0.758. The number of morpholine rings is 1. The Kier molecular flexibility index (Phi) is 4.90. The molecule has 0 unspecified atom stereocenters. The summed E-state index contributed by atoms with van der Waals surface area (Å²) in [5, 5.41) is 3.16. The Morgan fingerprint density at radius 1 is 1.47 bits per heavy atom. The van der Waals surface area contributed by atoms with E-state index in [0.29, 0.717) is 0 Å². The summed E-state index contributed by atoms with van der Waals surface area (Å²) in [6.45, 7) is 9.12. The van der Waals surface area contributed by atoms with E-state index in [2.05, 4.69) is 21.8 Å². The third kappa shape index (κ3) is 3.75. The standard InChI is InChI=1S/C11H19N3O/c1-4-13-10(2)9-11(12-3)14-5-7-15-8-6-14/h4,9,12H,2,5-8H2,1,3H3/b11-9+,13-4-. The molecule has 0 bridgehead atoms. The Morgan fingerprint density at radius 3 is 2.67 bits per heavy atom. The molecule has 0 radical (unpaired) electrons. The number of aliphatic imine (C=N–C) groups is 1. The molecule has 1 aliphatic heterocycles. The Bertz CT molecular complexity index is 265. The van der Waals surface area contributed by atoms with Gasteiger partial charge in [0.1, 0.15) is 5.82 Å². The van der Waals surface area contributed by atoms with Crippen LogP contribution in [0.15, 0.2) is 29.2 Å². The maximum Gasteiger partial charge on any atom is 0.103 e. The fourth-order valence-electron chi connectivity index (χ4n) is 1.49. The lowest BCUT2D eigenvalue weighted by atomic mass is 10.3. The van der Waals surface area contributed by atoms with Gasteiger partial charge in [0.25, 0.3) is 0 Å². The molecule has 1 rings (SSSR count). The van der Waals surface area contributed by atoms with E-state index >= 15 is 0 Å². The molecule has 1 aliphatic rings. The highest BCUT2D eigenvalue weighted by atomic mass is 16.5. The SMILES string of the molecule is C=C(/C=C(\NC)N1CCOCC1)/N=C\C. The lowest BCUT2D eigenvalue weighted by Gasteiger charge is -2.30. The number of rotatable bonds is 4. The summed E-state index contributed by atoms with van der Waals surface area (Å²) >= 11 is 0. The second-order valence-electron chi connectivity index (χ2n) is 3.26. The van der Waals surface area contributed by atoms with Crippen molar-refractivity contribution in [2.75, 3.05) is 33.4 Å². The molecular formula is C11H19N3O. The fraction of sp³-hybridized carbons (Fsp3) is 0.545. The number of hydrogen-bond donors (Lipinski definition) is 1. The highest BCUT2D eigenvalue weighted by Gasteiger charge is 2.12. The Labute approximate surface area is 91.3 Å². The maximum atomic E-state index is 5.30.